The first-order chi connectivity index (χ1) is 10.0. The molecule has 0 amide bonds. The number of nitrogens with one attached hydrogen (secondary N) is 2. The van der Waals surface area contributed by atoms with Crippen molar-refractivity contribution in [2.45, 2.75) is 37.7 Å². The van der Waals surface area contributed by atoms with Gasteiger partial charge in [0.1, 0.15) is 10.6 Å². The molecule has 0 fully saturated rings. The maximum atomic E-state index is 12.5. The molecule has 1 aliphatic rings. The van der Waals surface area contributed by atoms with Gasteiger partial charge in [0.2, 0.25) is 0 Å². The molecule has 0 unspecified atom stereocenters. The number of aliphatic hydroxyl groups excluding tert-OH is 1. The summed E-state index contributed by atoms with van der Waals surface area (Å²) in [5.74, 6) is 0. The van der Waals surface area contributed by atoms with Crippen LogP contribution in [0.5, 0.6) is 0 Å². The summed E-state index contributed by atoms with van der Waals surface area (Å²) in [4.78, 5) is 0.0190. The average molecular weight is 307 g/mol. The summed E-state index contributed by atoms with van der Waals surface area (Å²) in [6, 6.07) is 5.62. The molecule has 0 atom stereocenters. The zero-order valence-electron chi connectivity index (χ0n) is 11.7. The van der Waals surface area contributed by atoms with Crippen LogP contribution in [-0.2, 0) is 29.5 Å². The minimum Gasteiger partial charge on any atom is -0.390 e. The van der Waals surface area contributed by atoms with Crippen LogP contribution >= 0.6 is 0 Å². The van der Waals surface area contributed by atoms with Crippen molar-refractivity contribution in [2.75, 3.05) is 4.72 Å². The quantitative estimate of drug-likeness (QED) is 0.797. The number of aromatic amines is 1. The second kappa shape index (κ2) is 5.16. The largest absolute Gasteiger partial charge is 0.390 e. The Kier molecular flexibility index (Phi) is 3.46. The molecule has 1 aromatic heterocycles. The summed E-state index contributed by atoms with van der Waals surface area (Å²) < 4.78 is 27.5. The minimum absolute atomic E-state index is 0.0190. The van der Waals surface area contributed by atoms with E-state index in [2.05, 4.69) is 14.9 Å². The molecular formula is C14H17N3O3S. The van der Waals surface area contributed by atoms with E-state index in [1.807, 2.05) is 12.1 Å². The van der Waals surface area contributed by atoms with Gasteiger partial charge in [-0.2, -0.15) is 5.10 Å². The van der Waals surface area contributed by atoms with E-state index in [-0.39, 0.29) is 10.6 Å². The third kappa shape index (κ3) is 2.54. The highest BCUT2D eigenvalue weighted by Gasteiger charge is 2.24. The topological polar surface area (TPSA) is 95.1 Å². The van der Waals surface area contributed by atoms with Gasteiger partial charge in [-0.25, -0.2) is 8.42 Å². The van der Waals surface area contributed by atoms with Crippen molar-refractivity contribution in [1.29, 1.82) is 0 Å². The second-order valence-electron chi connectivity index (χ2n) is 5.23. The first-order valence-corrected chi connectivity index (χ1v) is 8.29. The van der Waals surface area contributed by atoms with Crippen LogP contribution in [0.4, 0.5) is 5.69 Å². The normalized spacial score (nSPS) is 14.2. The molecule has 0 aliphatic heterocycles. The Morgan fingerprint density at radius 1 is 1.33 bits per heavy atom. The van der Waals surface area contributed by atoms with Crippen molar-refractivity contribution in [1.82, 2.24) is 10.2 Å². The van der Waals surface area contributed by atoms with E-state index in [9.17, 15) is 13.5 Å². The summed E-state index contributed by atoms with van der Waals surface area (Å²) in [5, 5.41) is 15.6. The Labute approximate surface area is 123 Å². The number of rotatable bonds is 4. The molecule has 112 valence electrons. The van der Waals surface area contributed by atoms with Gasteiger partial charge in [-0.05, 0) is 49.4 Å². The van der Waals surface area contributed by atoms with Crippen LogP contribution in [0.25, 0.3) is 0 Å². The minimum atomic E-state index is -3.76. The number of aryl methyl sites for hydroxylation is 3. The van der Waals surface area contributed by atoms with Crippen molar-refractivity contribution in [3.8, 4) is 0 Å². The van der Waals surface area contributed by atoms with Gasteiger partial charge in [0.25, 0.3) is 10.0 Å². The molecule has 0 saturated heterocycles. The highest BCUT2D eigenvalue weighted by Crippen LogP contribution is 2.27. The van der Waals surface area contributed by atoms with Crippen LogP contribution in [0.2, 0.25) is 0 Å². The van der Waals surface area contributed by atoms with Gasteiger partial charge in [-0.15, -0.1) is 0 Å². The maximum Gasteiger partial charge on any atom is 0.265 e. The fourth-order valence-corrected chi connectivity index (χ4v) is 4.18. The van der Waals surface area contributed by atoms with E-state index in [4.69, 9.17) is 0 Å². The smallest absolute Gasteiger partial charge is 0.265 e. The molecule has 0 bridgehead atoms. The molecule has 0 radical (unpaired) electrons. The second-order valence-corrected chi connectivity index (χ2v) is 6.84. The zero-order valence-corrected chi connectivity index (χ0v) is 12.5. The van der Waals surface area contributed by atoms with E-state index < -0.39 is 16.6 Å². The summed E-state index contributed by atoms with van der Waals surface area (Å²) in [6.07, 6.45) is 3.15. The predicted molar refractivity (Wildman–Crippen MR) is 78.5 cm³/mol. The Bertz CT molecular complexity index is 781. The van der Waals surface area contributed by atoms with Crippen molar-refractivity contribution in [2.24, 2.45) is 0 Å². The van der Waals surface area contributed by atoms with Crippen LogP contribution in [0, 0.1) is 6.92 Å². The molecule has 7 heteroatoms. The third-order valence-electron chi connectivity index (χ3n) is 3.73. The number of aromatic nitrogens is 2. The Hall–Kier alpha value is -1.86. The molecule has 1 aromatic carbocycles. The van der Waals surface area contributed by atoms with E-state index in [1.54, 1.807) is 13.0 Å². The van der Waals surface area contributed by atoms with Crippen molar-refractivity contribution in [3.05, 3.63) is 40.7 Å². The van der Waals surface area contributed by atoms with Crippen LogP contribution in [-0.4, -0.2) is 23.7 Å². The highest BCUT2D eigenvalue weighted by atomic mass is 32.2. The fourth-order valence-electron chi connectivity index (χ4n) is 2.77. The van der Waals surface area contributed by atoms with Gasteiger partial charge in [-0.3, -0.25) is 9.82 Å². The SMILES string of the molecule is Cc1[nH]nc(CO)c1S(=O)(=O)Nc1ccc2c(c1)CCC2. The number of nitrogens with zero attached hydrogens (tertiary/aromatic N) is 1. The molecule has 1 aliphatic carbocycles. The zero-order chi connectivity index (χ0) is 15.0. The number of H-pyrrole nitrogens is 1. The van der Waals surface area contributed by atoms with Crippen LogP contribution in [0.1, 0.15) is 28.9 Å². The van der Waals surface area contributed by atoms with Gasteiger partial charge >= 0.3 is 0 Å². The Morgan fingerprint density at radius 3 is 2.86 bits per heavy atom. The summed E-state index contributed by atoms with van der Waals surface area (Å²) in [6.45, 7) is 1.19. The number of fused-ring (bicyclic) bond motifs is 1. The van der Waals surface area contributed by atoms with Gasteiger partial charge in [0, 0.05) is 5.69 Å². The van der Waals surface area contributed by atoms with Gasteiger partial charge in [0.15, 0.2) is 0 Å². The number of sulfonamides is 1. The van der Waals surface area contributed by atoms with Crippen LogP contribution in [0.3, 0.4) is 0 Å². The van der Waals surface area contributed by atoms with Crippen LogP contribution < -0.4 is 4.72 Å². The summed E-state index contributed by atoms with van der Waals surface area (Å²) in [5.41, 5.74) is 3.56. The lowest BCUT2D eigenvalue weighted by molar-refractivity contribution is 0.273. The first-order valence-electron chi connectivity index (χ1n) is 6.80. The van der Waals surface area contributed by atoms with E-state index in [1.165, 1.54) is 11.1 Å². The van der Waals surface area contributed by atoms with Crippen molar-refractivity contribution in [3.63, 3.8) is 0 Å². The summed E-state index contributed by atoms with van der Waals surface area (Å²) in [7, 11) is -3.76. The van der Waals surface area contributed by atoms with E-state index in [0.29, 0.717) is 11.4 Å². The molecular weight excluding hydrogens is 290 g/mol. The van der Waals surface area contributed by atoms with Gasteiger partial charge in [-0.1, -0.05) is 6.07 Å². The third-order valence-corrected chi connectivity index (χ3v) is 5.31. The molecule has 2 aromatic rings. The lowest BCUT2D eigenvalue weighted by Crippen LogP contribution is -2.15. The molecule has 3 N–H and O–H groups in total. The average Bonchev–Trinajstić information content (AvgIpc) is 3.03. The molecule has 0 spiro atoms. The molecule has 3 rings (SSSR count). The molecule has 6 nitrogen and oxygen atoms in total. The summed E-state index contributed by atoms with van der Waals surface area (Å²) >= 11 is 0. The predicted octanol–water partition coefficient (Wildman–Crippen LogP) is 1.50. The number of hydrogen-bond donors (Lipinski definition) is 3. The first kappa shape index (κ1) is 14.1. The van der Waals surface area contributed by atoms with Gasteiger partial charge < -0.3 is 5.11 Å². The fraction of sp³-hybridized carbons (Fsp3) is 0.357. The molecule has 1 heterocycles. The van der Waals surface area contributed by atoms with Crippen molar-refractivity contribution >= 4 is 15.7 Å². The Balaban J connectivity index is 1.94. The molecule has 21 heavy (non-hydrogen) atoms. The number of aliphatic hydroxyl groups is 1. The highest BCUT2D eigenvalue weighted by molar-refractivity contribution is 7.92. The van der Waals surface area contributed by atoms with Gasteiger partial charge in [0.05, 0.1) is 12.3 Å². The monoisotopic (exact) mass is 307 g/mol. The maximum absolute atomic E-state index is 12.5. The number of hydrogen-bond acceptors (Lipinski definition) is 4. The van der Waals surface area contributed by atoms with E-state index in [0.717, 1.165) is 19.3 Å². The lowest BCUT2D eigenvalue weighted by atomic mass is 10.1. The van der Waals surface area contributed by atoms with E-state index >= 15 is 0 Å². The number of anilines is 1. The van der Waals surface area contributed by atoms with Crippen molar-refractivity contribution < 1.29 is 13.5 Å². The Morgan fingerprint density at radius 2 is 2.10 bits per heavy atom. The standard InChI is InChI=1S/C14H17N3O3S/c1-9-14(13(8-18)16-15-9)21(19,20)17-12-6-5-10-3-2-4-11(10)7-12/h5-7,17-18H,2-4,8H2,1H3,(H,15,16). The lowest BCUT2D eigenvalue weighted by Gasteiger charge is -2.10. The number of benzene rings is 1. The molecule has 0 saturated carbocycles. The van der Waals surface area contributed by atoms with Crippen LogP contribution in [0.15, 0.2) is 23.1 Å².